The van der Waals surface area contributed by atoms with Crippen molar-refractivity contribution in [2.75, 3.05) is 50.6 Å². The Morgan fingerprint density at radius 3 is 2.85 bits per heavy atom. The molecule has 1 unspecified atom stereocenters. The molecule has 1 aromatic rings. The van der Waals surface area contributed by atoms with Crippen LogP contribution in [0.3, 0.4) is 0 Å². The quantitative estimate of drug-likeness (QED) is 0.616. The Kier molecular flexibility index (Phi) is 7.80. The molecule has 0 bridgehead atoms. The van der Waals surface area contributed by atoms with Crippen molar-refractivity contribution in [3.05, 3.63) is 18.3 Å². The molecule has 2 N–H and O–H groups in total. The lowest BCUT2D eigenvalue weighted by Gasteiger charge is -2.24. The molecule has 1 amide bonds. The fourth-order valence-electron chi connectivity index (χ4n) is 2.73. The molecule has 1 atom stereocenters. The number of aliphatic hydroxyl groups is 1. The Balaban J connectivity index is 1.94. The molecule has 8 nitrogen and oxygen atoms in total. The standard InChI is InChI=1S/C17H27N3O5S/c1-26(23,24)15-5-6-16(19-11-15)20-8-10-25-13-14(12-20)17(22)18-7-3-2-4-9-21/h5-6,11,14,21H,2-4,7-10,12-13H2,1H3,(H,18,22). The van der Waals surface area contributed by atoms with Crippen LogP contribution in [-0.2, 0) is 19.4 Å². The van der Waals surface area contributed by atoms with Crippen LogP contribution in [-0.4, -0.2) is 70.1 Å². The van der Waals surface area contributed by atoms with Crippen LogP contribution in [0.2, 0.25) is 0 Å². The van der Waals surface area contributed by atoms with E-state index in [9.17, 15) is 13.2 Å². The first-order valence-corrected chi connectivity index (χ1v) is 10.7. The van der Waals surface area contributed by atoms with Gasteiger partial charge in [-0.05, 0) is 31.4 Å². The first kappa shape index (κ1) is 20.6. The number of anilines is 1. The highest BCUT2D eigenvalue weighted by atomic mass is 32.2. The molecule has 2 heterocycles. The summed E-state index contributed by atoms with van der Waals surface area (Å²) in [5.41, 5.74) is 0. The predicted octanol–water partition coefficient (Wildman–Crippen LogP) is 0.217. The average molecular weight is 385 g/mol. The van der Waals surface area contributed by atoms with Gasteiger partial charge in [-0.1, -0.05) is 0 Å². The van der Waals surface area contributed by atoms with E-state index in [1.54, 1.807) is 6.07 Å². The van der Waals surface area contributed by atoms with Crippen LogP contribution in [0.5, 0.6) is 0 Å². The Hall–Kier alpha value is -1.71. The SMILES string of the molecule is CS(=O)(=O)c1ccc(N2CCOCC(C(=O)NCCCCCO)C2)nc1. The van der Waals surface area contributed by atoms with Gasteiger partial charge >= 0.3 is 0 Å². The maximum Gasteiger partial charge on any atom is 0.227 e. The topological polar surface area (TPSA) is 109 Å². The van der Waals surface area contributed by atoms with Crippen molar-refractivity contribution in [2.24, 2.45) is 5.92 Å². The van der Waals surface area contributed by atoms with Crippen LogP contribution in [0, 0.1) is 5.92 Å². The third-order valence-corrected chi connectivity index (χ3v) is 5.34. The molecule has 0 aromatic carbocycles. The molecule has 0 spiro atoms. The smallest absolute Gasteiger partial charge is 0.227 e. The molecule has 9 heteroatoms. The van der Waals surface area contributed by atoms with E-state index < -0.39 is 9.84 Å². The maximum absolute atomic E-state index is 12.4. The Morgan fingerprint density at radius 2 is 2.19 bits per heavy atom. The summed E-state index contributed by atoms with van der Waals surface area (Å²) in [6.45, 7) is 2.64. The number of carbonyl (C=O) groups excluding carboxylic acids is 1. The fraction of sp³-hybridized carbons (Fsp3) is 0.647. The number of unbranched alkanes of at least 4 members (excludes halogenated alkanes) is 2. The lowest BCUT2D eigenvalue weighted by atomic mass is 10.1. The van der Waals surface area contributed by atoms with Crippen molar-refractivity contribution in [1.82, 2.24) is 10.3 Å². The van der Waals surface area contributed by atoms with Crippen molar-refractivity contribution in [3.8, 4) is 0 Å². The number of hydrogen-bond acceptors (Lipinski definition) is 7. The number of sulfone groups is 1. The molecule has 0 radical (unpaired) electrons. The van der Waals surface area contributed by atoms with Crippen LogP contribution in [0.25, 0.3) is 0 Å². The summed E-state index contributed by atoms with van der Waals surface area (Å²) in [5, 5.41) is 11.7. The van der Waals surface area contributed by atoms with Gasteiger partial charge in [0, 0.05) is 38.7 Å². The van der Waals surface area contributed by atoms with E-state index in [0.717, 1.165) is 25.5 Å². The van der Waals surface area contributed by atoms with Gasteiger partial charge in [-0.3, -0.25) is 4.79 Å². The number of hydrogen-bond donors (Lipinski definition) is 2. The third-order valence-electron chi connectivity index (χ3n) is 4.24. The molecule has 1 saturated heterocycles. The zero-order valence-electron chi connectivity index (χ0n) is 15.1. The lowest BCUT2D eigenvalue weighted by Crippen LogP contribution is -2.40. The molecule has 0 saturated carbocycles. The highest BCUT2D eigenvalue weighted by Crippen LogP contribution is 2.18. The summed E-state index contributed by atoms with van der Waals surface area (Å²) in [4.78, 5) is 18.7. The molecule has 1 aliphatic heterocycles. The van der Waals surface area contributed by atoms with Gasteiger partial charge in [-0.25, -0.2) is 13.4 Å². The van der Waals surface area contributed by atoms with Crippen LogP contribution in [0.4, 0.5) is 5.82 Å². The van der Waals surface area contributed by atoms with Gasteiger partial charge in [0.05, 0.1) is 24.0 Å². The van der Waals surface area contributed by atoms with Crippen molar-refractivity contribution in [2.45, 2.75) is 24.2 Å². The monoisotopic (exact) mass is 385 g/mol. The second kappa shape index (κ2) is 9.84. The van der Waals surface area contributed by atoms with Gasteiger partial charge in [-0.15, -0.1) is 0 Å². The number of amides is 1. The Bertz CT molecular complexity index is 678. The van der Waals surface area contributed by atoms with Crippen molar-refractivity contribution in [3.63, 3.8) is 0 Å². The number of rotatable bonds is 8. The number of ether oxygens (including phenoxy) is 1. The molecule has 2 rings (SSSR count). The fourth-order valence-corrected chi connectivity index (χ4v) is 3.28. The first-order chi connectivity index (χ1) is 12.4. The minimum Gasteiger partial charge on any atom is -0.396 e. The molecular weight excluding hydrogens is 358 g/mol. The van der Waals surface area contributed by atoms with E-state index in [-0.39, 0.29) is 23.3 Å². The van der Waals surface area contributed by atoms with Crippen molar-refractivity contribution in [1.29, 1.82) is 0 Å². The number of carbonyl (C=O) groups is 1. The highest BCUT2D eigenvalue weighted by molar-refractivity contribution is 7.90. The highest BCUT2D eigenvalue weighted by Gasteiger charge is 2.25. The molecule has 0 aliphatic carbocycles. The molecule has 1 fully saturated rings. The average Bonchev–Trinajstić information content (AvgIpc) is 2.87. The molecule has 26 heavy (non-hydrogen) atoms. The first-order valence-electron chi connectivity index (χ1n) is 8.79. The van der Waals surface area contributed by atoms with Crippen LogP contribution >= 0.6 is 0 Å². The van der Waals surface area contributed by atoms with Gasteiger partial charge in [0.2, 0.25) is 5.91 Å². The minimum atomic E-state index is -3.28. The summed E-state index contributed by atoms with van der Waals surface area (Å²) in [6, 6.07) is 3.19. The summed E-state index contributed by atoms with van der Waals surface area (Å²) < 4.78 is 28.6. The Labute approximate surface area is 154 Å². The van der Waals surface area contributed by atoms with E-state index in [0.29, 0.717) is 38.7 Å². The second-order valence-corrected chi connectivity index (χ2v) is 8.43. The minimum absolute atomic E-state index is 0.0614. The van der Waals surface area contributed by atoms with E-state index in [4.69, 9.17) is 9.84 Å². The van der Waals surface area contributed by atoms with E-state index in [2.05, 4.69) is 10.3 Å². The van der Waals surface area contributed by atoms with Crippen molar-refractivity contribution < 1.29 is 23.1 Å². The zero-order valence-corrected chi connectivity index (χ0v) is 15.9. The maximum atomic E-state index is 12.4. The van der Waals surface area contributed by atoms with Crippen LogP contribution < -0.4 is 10.2 Å². The molecule has 1 aromatic heterocycles. The Morgan fingerprint density at radius 1 is 1.38 bits per heavy atom. The van der Waals surface area contributed by atoms with Crippen LogP contribution in [0.1, 0.15) is 19.3 Å². The largest absolute Gasteiger partial charge is 0.396 e. The number of aromatic nitrogens is 1. The molecule has 146 valence electrons. The van der Waals surface area contributed by atoms with Gasteiger partial charge < -0.3 is 20.1 Å². The van der Waals surface area contributed by atoms with Gasteiger partial charge in [0.15, 0.2) is 9.84 Å². The van der Waals surface area contributed by atoms with E-state index in [1.807, 2.05) is 4.90 Å². The number of pyridine rings is 1. The van der Waals surface area contributed by atoms with Crippen molar-refractivity contribution >= 4 is 21.6 Å². The predicted molar refractivity (Wildman–Crippen MR) is 97.8 cm³/mol. The normalized spacial score (nSPS) is 18.4. The second-order valence-electron chi connectivity index (χ2n) is 6.42. The summed E-state index contributed by atoms with van der Waals surface area (Å²) in [5.74, 6) is 0.254. The number of aliphatic hydroxyl groups excluding tert-OH is 1. The van der Waals surface area contributed by atoms with E-state index >= 15 is 0 Å². The van der Waals surface area contributed by atoms with Crippen LogP contribution in [0.15, 0.2) is 23.2 Å². The van der Waals surface area contributed by atoms with E-state index in [1.165, 1.54) is 12.3 Å². The number of nitrogens with one attached hydrogen (secondary N) is 1. The lowest BCUT2D eigenvalue weighted by molar-refractivity contribution is -0.126. The molecule has 1 aliphatic rings. The summed E-state index contributed by atoms with van der Waals surface area (Å²) in [6.07, 6.45) is 4.93. The summed E-state index contributed by atoms with van der Waals surface area (Å²) >= 11 is 0. The number of nitrogens with zero attached hydrogens (tertiary/aromatic N) is 2. The molecular formula is C17H27N3O5S. The van der Waals surface area contributed by atoms with Gasteiger partial charge in [-0.2, -0.15) is 0 Å². The zero-order chi connectivity index (χ0) is 19.0. The third kappa shape index (κ3) is 6.22. The van der Waals surface area contributed by atoms with Gasteiger partial charge in [0.1, 0.15) is 5.82 Å². The summed E-state index contributed by atoms with van der Waals surface area (Å²) in [7, 11) is -3.28. The van der Waals surface area contributed by atoms with Gasteiger partial charge in [0.25, 0.3) is 0 Å².